The van der Waals surface area contributed by atoms with E-state index in [1.54, 1.807) is 11.0 Å². The molecule has 0 atom stereocenters. The number of aromatic nitrogens is 1. The summed E-state index contributed by atoms with van der Waals surface area (Å²) in [5, 5.41) is 3.94. The molecular formula is C23H23N3O2. The van der Waals surface area contributed by atoms with E-state index in [0.717, 1.165) is 17.5 Å². The van der Waals surface area contributed by atoms with E-state index in [-0.39, 0.29) is 18.4 Å². The molecule has 0 saturated carbocycles. The molecule has 0 fully saturated rings. The molecule has 0 saturated heterocycles. The zero-order valence-corrected chi connectivity index (χ0v) is 15.9. The summed E-state index contributed by atoms with van der Waals surface area (Å²) in [6, 6.07) is 15.6. The van der Waals surface area contributed by atoms with Gasteiger partial charge in [0.25, 0.3) is 5.91 Å². The summed E-state index contributed by atoms with van der Waals surface area (Å²) in [6.45, 7) is 3.18. The first-order valence-corrected chi connectivity index (χ1v) is 9.50. The lowest BCUT2D eigenvalue weighted by molar-refractivity contribution is -0.129. The maximum atomic E-state index is 12.5. The number of hydrogen-bond acceptors (Lipinski definition) is 2. The van der Waals surface area contributed by atoms with Gasteiger partial charge in [-0.1, -0.05) is 42.0 Å². The fourth-order valence-electron chi connectivity index (χ4n) is 3.63. The van der Waals surface area contributed by atoms with Crippen molar-refractivity contribution in [2.75, 3.05) is 19.6 Å². The van der Waals surface area contributed by atoms with Gasteiger partial charge in [-0.2, -0.15) is 0 Å². The van der Waals surface area contributed by atoms with Crippen molar-refractivity contribution < 1.29 is 9.59 Å². The van der Waals surface area contributed by atoms with Crippen LogP contribution in [0.1, 0.15) is 27.9 Å². The second-order valence-electron chi connectivity index (χ2n) is 7.12. The Hall–Kier alpha value is -3.34. The average molecular weight is 373 g/mol. The molecule has 2 heterocycles. The zero-order valence-electron chi connectivity index (χ0n) is 15.9. The third kappa shape index (κ3) is 3.69. The molecule has 4 rings (SSSR count). The first-order valence-electron chi connectivity index (χ1n) is 9.50. The third-order valence-electron chi connectivity index (χ3n) is 5.18. The summed E-state index contributed by atoms with van der Waals surface area (Å²) in [7, 11) is 0. The van der Waals surface area contributed by atoms with Crippen molar-refractivity contribution in [1.82, 2.24) is 15.2 Å². The molecule has 0 spiro atoms. The predicted octanol–water partition coefficient (Wildman–Crippen LogP) is 3.52. The van der Waals surface area contributed by atoms with Crippen molar-refractivity contribution >= 4 is 28.3 Å². The highest BCUT2D eigenvalue weighted by Crippen LogP contribution is 2.29. The largest absolute Gasteiger partial charge is 0.361 e. The van der Waals surface area contributed by atoms with Gasteiger partial charge in [0.1, 0.15) is 0 Å². The number of carbonyl (C=O) groups is 2. The quantitative estimate of drug-likeness (QED) is 0.735. The normalized spacial score (nSPS) is 14.0. The first-order chi connectivity index (χ1) is 13.6. The number of aromatic amines is 1. The van der Waals surface area contributed by atoms with Crippen LogP contribution in [0.2, 0.25) is 0 Å². The SMILES string of the molecule is Cc1cccc(C(=O)NCC(=O)N2CC=C(c3c[nH]c4ccccc34)CC2)c1. The van der Waals surface area contributed by atoms with Gasteiger partial charge in [0.05, 0.1) is 6.54 Å². The van der Waals surface area contributed by atoms with Crippen molar-refractivity contribution in [3.63, 3.8) is 0 Å². The van der Waals surface area contributed by atoms with Gasteiger partial charge in [0.2, 0.25) is 5.91 Å². The van der Waals surface area contributed by atoms with Crippen LogP contribution in [0.25, 0.3) is 16.5 Å². The lowest BCUT2D eigenvalue weighted by Gasteiger charge is -2.26. The molecule has 2 N–H and O–H groups in total. The molecule has 2 aromatic carbocycles. The highest BCUT2D eigenvalue weighted by Gasteiger charge is 2.20. The van der Waals surface area contributed by atoms with E-state index >= 15 is 0 Å². The number of hydrogen-bond donors (Lipinski definition) is 2. The van der Waals surface area contributed by atoms with Gasteiger partial charge >= 0.3 is 0 Å². The van der Waals surface area contributed by atoms with Crippen molar-refractivity contribution in [2.45, 2.75) is 13.3 Å². The molecule has 5 nitrogen and oxygen atoms in total. The highest BCUT2D eigenvalue weighted by atomic mass is 16.2. The molecule has 1 aliphatic rings. The van der Waals surface area contributed by atoms with Crippen LogP contribution in [0.4, 0.5) is 0 Å². The Balaban J connectivity index is 1.36. The number of aryl methyl sites for hydroxylation is 1. The van der Waals surface area contributed by atoms with E-state index in [0.29, 0.717) is 18.7 Å². The van der Waals surface area contributed by atoms with Crippen LogP contribution >= 0.6 is 0 Å². The second-order valence-corrected chi connectivity index (χ2v) is 7.12. The predicted molar refractivity (Wildman–Crippen MR) is 111 cm³/mol. The Bertz CT molecular complexity index is 1060. The maximum absolute atomic E-state index is 12.5. The molecular weight excluding hydrogens is 350 g/mol. The lowest BCUT2D eigenvalue weighted by Crippen LogP contribution is -2.42. The summed E-state index contributed by atoms with van der Waals surface area (Å²) in [5.41, 5.74) is 5.18. The molecule has 0 bridgehead atoms. The summed E-state index contributed by atoms with van der Waals surface area (Å²) in [5.74, 6) is -0.278. The van der Waals surface area contributed by atoms with E-state index in [1.807, 2.05) is 43.5 Å². The molecule has 1 aliphatic heterocycles. The molecule has 2 amide bonds. The minimum absolute atomic E-state index is 0.0169. The van der Waals surface area contributed by atoms with Crippen LogP contribution in [0.5, 0.6) is 0 Å². The first kappa shape index (κ1) is 18.0. The summed E-state index contributed by atoms with van der Waals surface area (Å²) in [4.78, 5) is 29.8. The van der Waals surface area contributed by atoms with Crippen LogP contribution < -0.4 is 5.32 Å². The monoisotopic (exact) mass is 373 g/mol. The van der Waals surface area contributed by atoms with Gasteiger partial charge in [0, 0.05) is 41.3 Å². The van der Waals surface area contributed by atoms with Crippen LogP contribution in [-0.2, 0) is 4.79 Å². The minimum atomic E-state index is -0.218. The highest BCUT2D eigenvalue weighted by molar-refractivity contribution is 5.97. The number of nitrogens with zero attached hydrogens (tertiary/aromatic N) is 1. The number of para-hydroxylation sites is 1. The van der Waals surface area contributed by atoms with Crippen molar-refractivity contribution in [3.05, 3.63) is 77.5 Å². The Labute approximate surface area is 164 Å². The van der Waals surface area contributed by atoms with Crippen LogP contribution in [-0.4, -0.2) is 41.3 Å². The second kappa shape index (κ2) is 7.72. The van der Waals surface area contributed by atoms with Gasteiger partial charge in [-0.3, -0.25) is 9.59 Å². The molecule has 5 heteroatoms. The van der Waals surface area contributed by atoms with E-state index in [9.17, 15) is 9.59 Å². The zero-order chi connectivity index (χ0) is 19.5. The number of rotatable bonds is 4. The number of benzene rings is 2. The van der Waals surface area contributed by atoms with Gasteiger partial charge in [0.15, 0.2) is 0 Å². The number of carbonyl (C=O) groups excluding carboxylic acids is 2. The summed E-state index contributed by atoms with van der Waals surface area (Å²) >= 11 is 0. The van der Waals surface area contributed by atoms with Crippen molar-refractivity contribution in [1.29, 1.82) is 0 Å². The Kier molecular flexibility index (Phi) is 4.98. The third-order valence-corrected chi connectivity index (χ3v) is 5.18. The Morgan fingerprint density at radius 2 is 2.00 bits per heavy atom. The van der Waals surface area contributed by atoms with E-state index in [4.69, 9.17) is 0 Å². The van der Waals surface area contributed by atoms with Gasteiger partial charge in [-0.15, -0.1) is 0 Å². The van der Waals surface area contributed by atoms with Crippen LogP contribution in [0.15, 0.2) is 60.8 Å². The average Bonchev–Trinajstić information content (AvgIpc) is 3.16. The van der Waals surface area contributed by atoms with Crippen LogP contribution in [0.3, 0.4) is 0 Å². The fraction of sp³-hybridized carbons (Fsp3) is 0.217. The number of amides is 2. The number of nitrogens with one attached hydrogen (secondary N) is 2. The summed E-state index contributed by atoms with van der Waals surface area (Å²) < 4.78 is 0. The van der Waals surface area contributed by atoms with Gasteiger partial charge in [-0.05, 0) is 37.1 Å². The molecule has 3 aromatic rings. The van der Waals surface area contributed by atoms with E-state index < -0.39 is 0 Å². The Morgan fingerprint density at radius 3 is 2.79 bits per heavy atom. The molecule has 28 heavy (non-hydrogen) atoms. The molecule has 142 valence electrons. The van der Waals surface area contributed by atoms with Crippen LogP contribution in [0, 0.1) is 6.92 Å². The number of fused-ring (bicyclic) bond motifs is 1. The van der Waals surface area contributed by atoms with E-state index in [1.165, 1.54) is 16.5 Å². The molecule has 1 aromatic heterocycles. The molecule has 0 radical (unpaired) electrons. The molecule has 0 unspecified atom stereocenters. The van der Waals surface area contributed by atoms with Gasteiger partial charge in [-0.25, -0.2) is 0 Å². The lowest BCUT2D eigenvalue weighted by atomic mass is 9.99. The fourth-order valence-corrected chi connectivity index (χ4v) is 3.63. The Morgan fingerprint density at radius 1 is 1.14 bits per heavy atom. The smallest absolute Gasteiger partial charge is 0.251 e. The van der Waals surface area contributed by atoms with Crippen molar-refractivity contribution in [2.24, 2.45) is 0 Å². The number of H-pyrrole nitrogens is 1. The minimum Gasteiger partial charge on any atom is -0.361 e. The topological polar surface area (TPSA) is 65.2 Å². The summed E-state index contributed by atoms with van der Waals surface area (Å²) in [6.07, 6.45) is 4.95. The van der Waals surface area contributed by atoms with Gasteiger partial charge < -0.3 is 15.2 Å². The standard InChI is InChI=1S/C23H23N3O2/c1-16-5-4-6-18(13-16)23(28)25-15-22(27)26-11-9-17(10-12-26)20-14-24-21-8-3-2-7-19(20)21/h2-9,13-14,24H,10-12,15H2,1H3,(H,25,28). The maximum Gasteiger partial charge on any atom is 0.251 e. The molecule has 0 aliphatic carbocycles. The van der Waals surface area contributed by atoms with E-state index in [2.05, 4.69) is 28.5 Å². The van der Waals surface area contributed by atoms with Crippen molar-refractivity contribution in [3.8, 4) is 0 Å².